The fourth-order valence-electron chi connectivity index (χ4n) is 1.65. The third-order valence-electron chi connectivity index (χ3n) is 3.50. The summed E-state index contributed by atoms with van der Waals surface area (Å²) in [6.07, 6.45) is 0. The van der Waals surface area contributed by atoms with Crippen LogP contribution in [-0.2, 0) is 22.3 Å². The number of hydrogen-bond acceptors (Lipinski definition) is 3. The monoisotopic (exact) mass is 327 g/mol. The molecule has 0 fully saturated rings. The van der Waals surface area contributed by atoms with E-state index in [1.165, 1.54) is 7.05 Å². The van der Waals surface area contributed by atoms with Crippen LogP contribution >= 0.6 is 0 Å². The van der Waals surface area contributed by atoms with Gasteiger partial charge in [0.05, 0.1) is 5.75 Å². The van der Waals surface area contributed by atoms with E-state index in [0.717, 1.165) is 5.56 Å². The number of carbonyl (C=O) groups is 1. The molecule has 7 heteroatoms. The number of sulfonamides is 1. The molecule has 124 valence electrons. The number of carbonyl (C=O) groups excluding carboxylic acids is 1. The van der Waals surface area contributed by atoms with Crippen LogP contribution in [0.1, 0.15) is 31.9 Å². The summed E-state index contributed by atoms with van der Waals surface area (Å²) in [7, 11) is -1.87. The van der Waals surface area contributed by atoms with Crippen molar-refractivity contribution in [2.45, 2.75) is 39.1 Å². The molecule has 0 heterocycles. The summed E-state index contributed by atoms with van der Waals surface area (Å²) in [5, 5.41) is 5.64. The standard InChI is InChI=1S/C15H25N3O3S/c1-11(2)12(3)18-15(19)17-9-13-5-7-14(8-6-13)10-22(20,21)16-4/h5-8,11-12,16H,9-10H2,1-4H3,(H2,17,18,19). The molecule has 0 saturated heterocycles. The Hall–Kier alpha value is -1.60. The van der Waals surface area contributed by atoms with Gasteiger partial charge in [-0.2, -0.15) is 0 Å². The molecular weight excluding hydrogens is 302 g/mol. The molecule has 0 radical (unpaired) electrons. The van der Waals surface area contributed by atoms with Gasteiger partial charge >= 0.3 is 6.03 Å². The van der Waals surface area contributed by atoms with Crippen molar-refractivity contribution in [3.63, 3.8) is 0 Å². The third kappa shape index (κ3) is 6.44. The van der Waals surface area contributed by atoms with E-state index in [9.17, 15) is 13.2 Å². The quantitative estimate of drug-likeness (QED) is 0.710. The van der Waals surface area contributed by atoms with Gasteiger partial charge in [-0.3, -0.25) is 0 Å². The Morgan fingerprint density at radius 2 is 1.64 bits per heavy atom. The van der Waals surface area contributed by atoms with Crippen molar-refractivity contribution in [3.8, 4) is 0 Å². The number of urea groups is 1. The van der Waals surface area contributed by atoms with Crippen molar-refractivity contribution in [2.24, 2.45) is 5.92 Å². The Labute approximate surface area is 132 Å². The molecule has 1 atom stereocenters. The van der Waals surface area contributed by atoms with Crippen LogP contribution < -0.4 is 15.4 Å². The van der Waals surface area contributed by atoms with Gasteiger partial charge in [-0.25, -0.2) is 17.9 Å². The van der Waals surface area contributed by atoms with Gasteiger partial charge in [-0.15, -0.1) is 0 Å². The Morgan fingerprint density at radius 1 is 1.09 bits per heavy atom. The van der Waals surface area contributed by atoms with Gasteiger partial charge < -0.3 is 10.6 Å². The van der Waals surface area contributed by atoms with Gasteiger partial charge in [0.25, 0.3) is 0 Å². The minimum atomic E-state index is -3.26. The average Bonchev–Trinajstić information content (AvgIpc) is 2.46. The summed E-state index contributed by atoms with van der Waals surface area (Å²) in [5.74, 6) is 0.322. The molecule has 0 aliphatic rings. The number of benzene rings is 1. The van der Waals surface area contributed by atoms with Crippen molar-refractivity contribution in [3.05, 3.63) is 35.4 Å². The number of amides is 2. The van der Waals surface area contributed by atoms with Crippen molar-refractivity contribution < 1.29 is 13.2 Å². The lowest BCUT2D eigenvalue weighted by Gasteiger charge is -2.17. The maximum absolute atomic E-state index is 11.7. The lowest BCUT2D eigenvalue weighted by atomic mass is 10.1. The van der Waals surface area contributed by atoms with Gasteiger partial charge in [-0.1, -0.05) is 38.1 Å². The summed E-state index contributed by atoms with van der Waals surface area (Å²) < 4.78 is 25.2. The highest BCUT2D eigenvalue weighted by Crippen LogP contribution is 2.07. The molecule has 1 unspecified atom stereocenters. The molecule has 3 N–H and O–H groups in total. The zero-order chi connectivity index (χ0) is 16.8. The van der Waals surface area contributed by atoms with E-state index < -0.39 is 10.0 Å². The first kappa shape index (κ1) is 18.4. The van der Waals surface area contributed by atoms with Crippen molar-refractivity contribution in [1.29, 1.82) is 0 Å². The fraction of sp³-hybridized carbons (Fsp3) is 0.533. The summed E-state index contributed by atoms with van der Waals surface area (Å²) in [4.78, 5) is 11.7. The van der Waals surface area contributed by atoms with Crippen LogP contribution in [0.15, 0.2) is 24.3 Å². The molecule has 0 bridgehead atoms. The van der Waals surface area contributed by atoms with E-state index in [1.54, 1.807) is 12.1 Å². The van der Waals surface area contributed by atoms with E-state index >= 15 is 0 Å². The Balaban J connectivity index is 2.50. The summed E-state index contributed by atoms with van der Waals surface area (Å²) in [6.45, 7) is 6.45. The van der Waals surface area contributed by atoms with E-state index in [4.69, 9.17) is 0 Å². The van der Waals surface area contributed by atoms with Crippen LogP contribution in [0.25, 0.3) is 0 Å². The van der Waals surface area contributed by atoms with E-state index in [1.807, 2.05) is 32.9 Å². The van der Waals surface area contributed by atoms with Gasteiger partial charge in [-0.05, 0) is 31.0 Å². The lowest BCUT2D eigenvalue weighted by Crippen LogP contribution is -2.42. The topological polar surface area (TPSA) is 87.3 Å². The van der Waals surface area contributed by atoms with Crippen LogP contribution in [-0.4, -0.2) is 27.5 Å². The first-order valence-corrected chi connectivity index (χ1v) is 8.92. The SMILES string of the molecule is CNS(=O)(=O)Cc1ccc(CNC(=O)NC(C)C(C)C)cc1. The highest BCUT2D eigenvalue weighted by atomic mass is 32.2. The highest BCUT2D eigenvalue weighted by molar-refractivity contribution is 7.88. The van der Waals surface area contributed by atoms with Crippen molar-refractivity contribution in [2.75, 3.05) is 7.05 Å². The Bertz CT molecular complexity index is 583. The average molecular weight is 327 g/mol. The van der Waals surface area contributed by atoms with Gasteiger partial charge in [0.1, 0.15) is 0 Å². The second-order valence-electron chi connectivity index (χ2n) is 5.64. The molecule has 6 nitrogen and oxygen atoms in total. The molecule has 2 amide bonds. The number of hydrogen-bond donors (Lipinski definition) is 3. The minimum Gasteiger partial charge on any atom is -0.335 e. The predicted molar refractivity (Wildman–Crippen MR) is 87.8 cm³/mol. The largest absolute Gasteiger partial charge is 0.335 e. The summed E-state index contributed by atoms with van der Waals surface area (Å²) in [6, 6.07) is 7.03. The Kier molecular flexibility index (Phi) is 6.83. The predicted octanol–water partition coefficient (Wildman–Crippen LogP) is 1.58. The normalized spacial score (nSPS) is 13.0. The van der Waals surface area contributed by atoms with Crippen LogP contribution in [0.2, 0.25) is 0 Å². The van der Waals surface area contributed by atoms with Crippen molar-refractivity contribution >= 4 is 16.1 Å². The molecular formula is C15H25N3O3S. The zero-order valence-corrected chi connectivity index (χ0v) is 14.3. The molecule has 0 aromatic heterocycles. The molecule has 0 saturated carbocycles. The Morgan fingerprint density at radius 3 is 2.14 bits per heavy atom. The first-order chi connectivity index (χ1) is 10.2. The zero-order valence-electron chi connectivity index (χ0n) is 13.5. The van der Waals surface area contributed by atoms with E-state index in [0.29, 0.717) is 18.0 Å². The smallest absolute Gasteiger partial charge is 0.315 e. The van der Waals surface area contributed by atoms with Gasteiger partial charge in [0.15, 0.2) is 0 Å². The molecule has 0 aliphatic heterocycles. The molecule has 1 aromatic rings. The molecule has 22 heavy (non-hydrogen) atoms. The van der Waals surface area contributed by atoms with Gasteiger partial charge in [0, 0.05) is 12.6 Å². The first-order valence-electron chi connectivity index (χ1n) is 7.27. The van der Waals surface area contributed by atoms with Crippen LogP contribution in [0.5, 0.6) is 0 Å². The lowest BCUT2D eigenvalue weighted by molar-refractivity contribution is 0.234. The minimum absolute atomic E-state index is 0.0520. The number of rotatable bonds is 7. The van der Waals surface area contributed by atoms with Gasteiger partial charge in [0.2, 0.25) is 10.0 Å². The molecule has 1 aromatic carbocycles. The molecule has 0 spiro atoms. The van der Waals surface area contributed by atoms with Crippen LogP contribution in [0, 0.1) is 5.92 Å². The van der Waals surface area contributed by atoms with Crippen molar-refractivity contribution in [1.82, 2.24) is 15.4 Å². The van der Waals surface area contributed by atoms with Crippen LogP contribution in [0.3, 0.4) is 0 Å². The maximum Gasteiger partial charge on any atom is 0.315 e. The molecule has 1 rings (SSSR count). The molecule has 0 aliphatic carbocycles. The second-order valence-corrected chi connectivity index (χ2v) is 7.57. The fourth-order valence-corrected chi connectivity index (χ4v) is 2.43. The maximum atomic E-state index is 11.7. The van der Waals surface area contributed by atoms with E-state index in [-0.39, 0.29) is 17.8 Å². The second kappa shape index (κ2) is 8.14. The summed E-state index contributed by atoms with van der Waals surface area (Å²) >= 11 is 0. The van der Waals surface area contributed by atoms with Crippen LogP contribution in [0.4, 0.5) is 4.79 Å². The summed E-state index contributed by atoms with van der Waals surface area (Å²) in [5.41, 5.74) is 1.62. The van der Waals surface area contributed by atoms with E-state index in [2.05, 4.69) is 15.4 Å². The number of nitrogens with one attached hydrogen (secondary N) is 3. The highest BCUT2D eigenvalue weighted by Gasteiger charge is 2.10. The third-order valence-corrected chi connectivity index (χ3v) is 4.84.